The van der Waals surface area contributed by atoms with Crippen molar-refractivity contribution in [2.24, 2.45) is 0 Å². The van der Waals surface area contributed by atoms with Crippen molar-refractivity contribution in [1.82, 2.24) is 5.09 Å². The van der Waals surface area contributed by atoms with Gasteiger partial charge in [-0.3, -0.25) is 4.57 Å². The van der Waals surface area contributed by atoms with Crippen LogP contribution in [0.2, 0.25) is 0 Å². The molecular weight excluding hydrogens is 232 g/mol. The van der Waals surface area contributed by atoms with Crippen molar-refractivity contribution in [2.75, 3.05) is 6.61 Å². The Bertz CT molecular complexity index is 328. The number of rotatable bonds is 3. The number of hydrogen-bond donors (Lipinski definition) is 1. The third-order valence-corrected chi connectivity index (χ3v) is 3.74. The molecular formula is C8H14BNO5P-. The summed E-state index contributed by atoms with van der Waals surface area (Å²) in [5, 5.41) is 2.34. The van der Waals surface area contributed by atoms with E-state index in [0.717, 1.165) is 0 Å². The number of ether oxygens (including phenoxy) is 2. The summed E-state index contributed by atoms with van der Waals surface area (Å²) in [6.45, 7) is 3.80. The second-order valence-electron chi connectivity index (χ2n) is 4.34. The topological polar surface area (TPSA) is 79.9 Å². The first-order valence-corrected chi connectivity index (χ1v) is 6.71. The molecule has 0 saturated carbocycles. The molecule has 1 N–H and O–H groups in total. The van der Waals surface area contributed by atoms with Crippen molar-refractivity contribution in [1.29, 1.82) is 0 Å². The highest BCUT2D eigenvalue weighted by Gasteiger charge is 2.56. The third-order valence-electron chi connectivity index (χ3n) is 2.55. The van der Waals surface area contributed by atoms with Gasteiger partial charge in [0.2, 0.25) is 7.75 Å². The Labute approximate surface area is 95.6 Å². The smallest absolute Gasteiger partial charge is 0.207 e. The van der Waals surface area contributed by atoms with Gasteiger partial charge in [-0.05, 0) is 20.3 Å². The lowest BCUT2D eigenvalue weighted by atomic mass is 9.95. The molecule has 2 aliphatic heterocycles. The summed E-state index contributed by atoms with van der Waals surface area (Å²) in [4.78, 5) is 11.3. The van der Waals surface area contributed by atoms with Gasteiger partial charge in [0, 0.05) is 6.00 Å². The molecule has 6 nitrogen and oxygen atoms in total. The third kappa shape index (κ3) is 2.35. The molecule has 0 spiro atoms. The Balaban J connectivity index is 2.11. The SMILES string of the molecule is [B][C@H]1CC2OP(=O)([O-])N[C@]2(COC(C)C)O1. The fourth-order valence-corrected chi connectivity index (χ4v) is 3.27. The van der Waals surface area contributed by atoms with Crippen molar-refractivity contribution in [3.8, 4) is 0 Å². The van der Waals surface area contributed by atoms with Crippen molar-refractivity contribution < 1.29 is 23.5 Å². The maximum Gasteiger partial charge on any atom is 0.207 e. The van der Waals surface area contributed by atoms with Crippen LogP contribution in [0, 0.1) is 0 Å². The molecule has 90 valence electrons. The molecule has 0 aliphatic carbocycles. The second-order valence-corrected chi connectivity index (χ2v) is 5.77. The Morgan fingerprint density at radius 2 is 2.44 bits per heavy atom. The maximum absolute atomic E-state index is 11.3. The van der Waals surface area contributed by atoms with Crippen LogP contribution in [0.5, 0.6) is 0 Å². The van der Waals surface area contributed by atoms with E-state index in [4.69, 9.17) is 21.8 Å². The van der Waals surface area contributed by atoms with Crippen LogP contribution >= 0.6 is 7.75 Å². The quantitative estimate of drug-likeness (QED) is 0.533. The van der Waals surface area contributed by atoms with Crippen LogP contribution in [0.1, 0.15) is 20.3 Å². The van der Waals surface area contributed by atoms with Gasteiger partial charge in [0.05, 0.1) is 12.7 Å². The van der Waals surface area contributed by atoms with Crippen molar-refractivity contribution in [3.05, 3.63) is 0 Å². The van der Waals surface area contributed by atoms with Crippen LogP contribution in [-0.4, -0.2) is 38.4 Å². The average Bonchev–Trinajstić information content (AvgIpc) is 2.49. The number of fused-ring (bicyclic) bond motifs is 1. The first-order valence-electron chi connectivity index (χ1n) is 5.17. The lowest BCUT2D eigenvalue weighted by Gasteiger charge is -2.29. The highest BCUT2D eigenvalue weighted by Crippen LogP contribution is 2.51. The molecule has 2 radical (unpaired) electrons. The molecule has 2 rings (SSSR count). The van der Waals surface area contributed by atoms with E-state index in [1.54, 1.807) is 0 Å². The summed E-state index contributed by atoms with van der Waals surface area (Å²) >= 11 is 0. The van der Waals surface area contributed by atoms with Gasteiger partial charge in [0.15, 0.2) is 5.72 Å². The summed E-state index contributed by atoms with van der Waals surface area (Å²) in [7, 11) is 1.58. The molecule has 0 amide bonds. The van der Waals surface area contributed by atoms with Crippen LogP contribution in [0.4, 0.5) is 0 Å². The fourth-order valence-electron chi connectivity index (χ4n) is 1.90. The molecule has 0 bridgehead atoms. The zero-order chi connectivity index (χ0) is 12.0. The molecule has 0 aromatic carbocycles. The zero-order valence-corrected chi connectivity index (χ0v) is 10.1. The van der Waals surface area contributed by atoms with E-state index >= 15 is 0 Å². The monoisotopic (exact) mass is 246 g/mol. The molecule has 2 aliphatic rings. The second kappa shape index (κ2) is 4.08. The molecule has 2 unspecified atom stereocenters. The van der Waals surface area contributed by atoms with Gasteiger partial charge < -0.3 is 18.9 Å². The summed E-state index contributed by atoms with van der Waals surface area (Å²) in [6, 6.07) is -0.534. The van der Waals surface area contributed by atoms with Gasteiger partial charge in [0.1, 0.15) is 14.0 Å². The van der Waals surface area contributed by atoms with Gasteiger partial charge in [-0.25, -0.2) is 5.09 Å². The largest absolute Gasteiger partial charge is 0.766 e. The molecule has 2 saturated heterocycles. The predicted molar refractivity (Wildman–Crippen MR) is 54.7 cm³/mol. The summed E-state index contributed by atoms with van der Waals surface area (Å²) in [5.41, 5.74) is -1.15. The van der Waals surface area contributed by atoms with Crippen LogP contribution in [0.15, 0.2) is 0 Å². The summed E-state index contributed by atoms with van der Waals surface area (Å²) in [6.07, 6.45) is -0.297. The van der Waals surface area contributed by atoms with Crippen LogP contribution in [0.25, 0.3) is 0 Å². The zero-order valence-electron chi connectivity index (χ0n) is 9.21. The van der Waals surface area contributed by atoms with Crippen molar-refractivity contribution in [2.45, 2.75) is 44.2 Å². The minimum atomic E-state index is -4.03. The van der Waals surface area contributed by atoms with Crippen molar-refractivity contribution >= 4 is 15.6 Å². The first-order chi connectivity index (χ1) is 7.33. The van der Waals surface area contributed by atoms with E-state index < -0.39 is 25.6 Å². The highest BCUT2D eigenvalue weighted by atomic mass is 31.2. The Morgan fingerprint density at radius 3 is 3.06 bits per heavy atom. The Kier molecular flexibility index (Phi) is 3.20. The lowest BCUT2D eigenvalue weighted by molar-refractivity contribution is -0.199. The maximum atomic E-state index is 11.3. The van der Waals surface area contributed by atoms with Crippen LogP contribution < -0.4 is 9.98 Å². The van der Waals surface area contributed by atoms with E-state index in [0.29, 0.717) is 6.42 Å². The van der Waals surface area contributed by atoms with E-state index in [1.807, 2.05) is 13.8 Å². The van der Waals surface area contributed by atoms with Gasteiger partial charge in [-0.2, -0.15) is 0 Å². The normalized spacial score (nSPS) is 47.5. The standard InChI is InChI=1S/C8H15BNO5P/c1-5(2)13-4-8-6(3-7(9)14-8)15-16(11,12)10-8/h5-7H,3-4H2,1-2H3,(H2,10,11,12)/p-1/t6?,7-,8-/m1/s1. The minimum absolute atomic E-state index is 0.0242. The minimum Gasteiger partial charge on any atom is -0.766 e. The Morgan fingerprint density at radius 1 is 1.75 bits per heavy atom. The number of nitrogens with one attached hydrogen (secondary N) is 1. The average molecular weight is 246 g/mol. The van der Waals surface area contributed by atoms with Crippen LogP contribution in [-0.2, 0) is 18.6 Å². The van der Waals surface area contributed by atoms with Gasteiger partial charge in [-0.15, -0.1) is 0 Å². The van der Waals surface area contributed by atoms with Gasteiger partial charge in [-0.1, -0.05) is 0 Å². The van der Waals surface area contributed by atoms with E-state index in [1.165, 1.54) is 0 Å². The predicted octanol–water partition coefficient (Wildman–Crippen LogP) is -0.521. The van der Waals surface area contributed by atoms with E-state index in [9.17, 15) is 9.46 Å². The van der Waals surface area contributed by atoms with Gasteiger partial charge >= 0.3 is 0 Å². The first kappa shape index (κ1) is 12.5. The molecule has 2 fully saturated rings. The molecule has 8 heteroatoms. The van der Waals surface area contributed by atoms with Gasteiger partial charge in [0.25, 0.3) is 0 Å². The molecule has 0 aromatic heterocycles. The van der Waals surface area contributed by atoms with E-state index in [-0.39, 0.29) is 12.7 Å². The van der Waals surface area contributed by atoms with E-state index in [2.05, 4.69) is 5.09 Å². The molecule has 0 aromatic rings. The summed E-state index contributed by atoms with van der Waals surface area (Å²) < 4.78 is 27.0. The lowest BCUT2D eigenvalue weighted by Crippen LogP contribution is -2.50. The van der Waals surface area contributed by atoms with Crippen LogP contribution in [0.3, 0.4) is 0 Å². The summed E-state index contributed by atoms with van der Waals surface area (Å²) in [5.74, 6) is 0. The number of hydrogen-bond acceptors (Lipinski definition) is 5. The molecule has 4 atom stereocenters. The fraction of sp³-hybridized carbons (Fsp3) is 1.00. The highest BCUT2D eigenvalue weighted by molar-refractivity contribution is 7.49. The molecule has 16 heavy (non-hydrogen) atoms. The van der Waals surface area contributed by atoms with Crippen molar-refractivity contribution in [3.63, 3.8) is 0 Å². The molecule has 2 heterocycles. The Hall–Kier alpha value is 0.0949.